The number of amides is 1. The molecule has 1 amide bonds. The third-order valence-electron chi connectivity index (χ3n) is 2.43. The fraction of sp³-hybridized carbons (Fsp3) is 0.727. The van der Waals surface area contributed by atoms with Gasteiger partial charge in [0, 0.05) is 19.6 Å². The monoisotopic (exact) mass is 197 g/mol. The Kier molecular flexibility index (Phi) is 5.30. The molecule has 0 aromatic heterocycles. The van der Waals surface area contributed by atoms with Crippen molar-refractivity contribution in [2.24, 2.45) is 0 Å². The van der Waals surface area contributed by atoms with Crippen LogP contribution < -0.4 is 5.32 Å². The molecular formula is C11H19NO2. The van der Waals surface area contributed by atoms with E-state index in [2.05, 4.69) is 11.4 Å². The molecule has 1 aliphatic carbocycles. The highest BCUT2D eigenvalue weighted by atomic mass is 16.3. The molecule has 0 saturated heterocycles. The van der Waals surface area contributed by atoms with Gasteiger partial charge in [0.05, 0.1) is 0 Å². The van der Waals surface area contributed by atoms with Crippen LogP contribution in [0.3, 0.4) is 0 Å². The second kappa shape index (κ2) is 6.60. The van der Waals surface area contributed by atoms with Gasteiger partial charge in [-0.15, -0.1) is 0 Å². The van der Waals surface area contributed by atoms with Crippen LogP contribution in [0.25, 0.3) is 0 Å². The maximum atomic E-state index is 11.4. The van der Waals surface area contributed by atoms with Crippen molar-refractivity contribution in [1.82, 2.24) is 5.32 Å². The van der Waals surface area contributed by atoms with Crippen molar-refractivity contribution in [2.75, 3.05) is 13.2 Å². The molecule has 0 saturated carbocycles. The molecule has 0 radical (unpaired) electrons. The molecule has 2 N–H and O–H groups in total. The summed E-state index contributed by atoms with van der Waals surface area (Å²) in [6.07, 6.45) is 8.06. The minimum atomic E-state index is 0.0894. The molecule has 0 fully saturated rings. The van der Waals surface area contributed by atoms with E-state index in [1.807, 2.05) is 0 Å². The van der Waals surface area contributed by atoms with Crippen LogP contribution in [0.2, 0.25) is 0 Å². The Morgan fingerprint density at radius 2 is 2.36 bits per heavy atom. The van der Waals surface area contributed by atoms with Crippen molar-refractivity contribution >= 4 is 5.91 Å². The van der Waals surface area contributed by atoms with Crippen molar-refractivity contribution in [3.05, 3.63) is 11.6 Å². The van der Waals surface area contributed by atoms with Gasteiger partial charge in [-0.05, 0) is 32.1 Å². The van der Waals surface area contributed by atoms with Gasteiger partial charge in [-0.2, -0.15) is 0 Å². The molecule has 1 aliphatic rings. The van der Waals surface area contributed by atoms with Crippen LogP contribution >= 0.6 is 0 Å². The number of allylic oxidation sites excluding steroid dienone is 1. The summed E-state index contributed by atoms with van der Waals surface area (Å²) >= 11 is 0. The van der Waals surface area contributed by atoms with Gasteiger partial charge in [0.1, 0.15) is 0 Å². The maximum Gasteiger partial charge on any atom is 0.224 e. The molecule has 0 bridgehead atoms. The second-order valence-electron chi connectivity index (χ2n) is 3.71. The van der Waals surface area contributed by atoms with Crippen LogP contribution in [0.15, 0.2) is 11.6 Å². The van der Waals surface area contributed by atoms with Crippen LogP contribution in [0, 0.1) is 0 Å². The standard InChI is InChI=1S/C11H19NO2/c13-8-4-7-12-11(14)9-10-5-2-1-3-6-10/h5,13H,1-4,6-9H2,(H,12,14). The lowest BCUT2D eigenvalue weighted by atomic mass is 9.97. The first-order chi connectivity index (χ1) is 6.83. The lowest BCUT2D eigenvalue weighted by Crippen LogP contribution is -2.25. The number of aliphatic hydroxyl groups excluding tert-OH is 1. The third kappa shape index (κ3) is 4.42. The number of carbonyl (C=O) groups is 1. The second-order valence-corrected chi connectivity index (χ2v) is 3.71. The largest absolute Gasteiger partial charge is 0.396 e. The predicted molar refractivity (Wildman–Crippen MR) is 55.9 cm³/mol. The van der Waals surface area contributed by atoms with Crippen LogP contribution in [0.1, 0.15) is 38.5 Å². The van der Waals surface area contributed by atoms with Gasteiger partial charge in [0.15, 0.2) is 0 Å². The van der Waals surface area contributed by atoms with Gasteiger partial charge < -0.3 is 10.4 Å². The van der Waals surface area contributed by atoms with E-state index in [1.54, 1.807) is 0 Å². The zero-order valence-electron chi connectivity index (χ0n) is 8.59. The maximum absolute atomic E-state index is 11.4. The summed E-state index contributed by atoms with van der Waals surface area (Å²) in [6.45, 7) is 0.728. The molecule has 0 heterocycles. The zero-order chi connectivity index (χ0) is 10.2. The number of aliphatic hydroxyl groups is 1. The summed E-state index contributed by atoms with van der Waals surface area (Å²) in [6, 6.07) is 0. The van der Waals surface area contributed by atoms with E-state index < -0.39 is 0 Å². The smallest absolute Gasteiger partial charge is 0.224 e. The Morgan fingerprint density at radius 1 is 1.50 bits per heavy atom. The highest BCUT2D eigenvalue weighted by Gasteiger charge is 2.07. The van der Waals surface area contributed by atoms with Gasteiger partial charge in [0.25, 0.3) is 0 Å². The summed E-state index contributed by atoms with van der Waals surface area (Å²) in [5.41, 5.74) is 1.28. The van der Waals surface area contributed by atoms with Gasteiger partial charge in [-0.1, -0.05) is 11.6 Å². The van der Waals surface area contributed by atoms with Crippen LogP contribution in [0.4, 0.5) is 0 Å². The molecule has 0 aromatic carbocycles. The molecule has 0 atom stereocenters. The predicted octanol–water partition coefficient (Wildman–Crippen LogP) is 1.38. The highest BCUT2D eigenvalue weighted by molar-refractivity contribution is 5.78. The first-order valence-corrected chi connectivity index (χ1v) is 5.38. The number of hydrogen-bond acceptors (Lipinski definition) is 2. The van der Waals surface area contributed by atoms with E-state index in [1.165, 1.54) is 18.4 Å². The highest BCUT2D eigenvalue weighted by Crippen LogP contribution is 2.19. The number of rotatable bonds is 5. The minimum Gasteiger partial charge on any atom is -0.396 e. The first kappa shape index (κ1) is 11.2. The summed E-state index contributed by atoms with van der Waals surface area (Å²) in [5, 5.41) is 11.3. The summed E-state index contributed by atoms with van der Waals surface area (Å²) < 4.78 is 0. The lowest BCUT2D eigenvalue weighted by molar-refractivity contribution is -0.120. The van der Waals surface area contributed by atoms with Crippen LogP contribution in [-0.4, -0.2) is 24.2 Å². The van der Waals surface area contributed by atoms with Gasteiger partial charge >= 0.3 is 0 Å². The molecule has 3 heteroatoms. The zero-order valence-corrected chi connectivity index (χ0v) is 8.59. The fourth-order valence-electron chi connectivity index (χ4n) is 1.64. The van der Waals surface area contributed by atoms with Crippen LogP contribution in [-0.2, 0) is 4.79 Å². The van der Waals surface area contributed by atoms with Crippen molar-refractivity contribution in [3.8, 4) is 0 Å². The molecule has 0 unspecified atom stereocenters. The molecule has 0 aromatic rings. The van der Waals surface area contributed by atoms with Crippen molar-refractivity contribution in [3.63, 3.8) is 0 Å². The minimum absolute atomic E-state index is 0.0894. The van der Waals surface area contributed by atoms with E-state index in [0.717, 1.165) is 12.8 Å². The summed E-state index contributed by atoms with van der Waals surface area (Å²) in [7, 11) is 0. The lowest BCUT2D eigenvalue weighted by Gasteiger charge is -2.12. The fourth-order valence-corrected chi connectivity index (χ4v) is 1.64. The Morgan fingerprint density at radius 3 is 3.00 bits per heavy atom. The van der Waals surface area contributed by atoms with Crippen molar-refractivity contribution < 1.29 is 9.90 Å². The molecule has 80 valence electrons. The number of carbonyl (C=O) groups excluding carboxylic acids is 1. The Balaban J connectivity index is 2.15. The quantitative estimate of drug-likeness (QED) is 0.516. The Labute approximate surface area is 85.2 Å². The molecule has 14 heavy (non-hydrogen) atoms. The molecular weight excluding hydrogens is 178 g/mol. The number of nitrogens with one attached hydrogen (secondary N) is 1. The third-order valence-corrected chi connectivity index (χ3v) is 2.43. The van der Waals surface area contributed by atoms with E-state index >= 15 is 0 Å². The van der Waals surface area contributed by atoms with E-state index in [9.17, 15) is 4.79 Å². The Bertz CT molecular complexity index is 211. The van der Waals surface area contributed by atoms with E-state index in [-0.39, 0.29) is 12.5 Å². The van der Waals surface area contributed by atoms with Crippen molar-refractivity contribution in [1.29, 1.82) is 0 Å². The summed E-state index contributed by atoms with van der Waals surface area (Å²) in [5.74, 6) is 0.0894. The average molecular weight is 197 g/mol. The van der Waals surface area contributed by atoms with E-state index in [0.29, 0.717) is 19.4 Å². The van der Waals surface area contributed by atoms with Gasteiger partial charge in [0.2, 0.25) is 5.91 Å². The number of hydrogen-bond donors (Lipinski definition) is 2. The molecule has 3 nitrogen and oxygen atoms in total. The average Bonchev–Trinajstić information content (AvgIpc) is 2.20. The SMILES string of the molecule is O=C(CC1=CCCCC1)NCCCO. The molecule has 0 spiro atoms. The van der Waals surface area contributed by atoms with Crippen LogP contribution in [0.5, 0.6) is 0 Å². The molecule has 1 rings (SSSR count). The Hall–Kier alpha value is -0.830. The normalized spacial score (nSPS) is 16.2. The van der Waals surface area contributed by atoms with E-state index in [4.69, 9.17) is 5.11 Å². The van der Waals surface area contributed by atoms with Crippen molar-refractivity contribution in [2.45, 2.75) is 38.5 Å². The molecule has 0 aliphatic heterocycles. The summed E-state index contributed by atoms with van der Waals surface area (Å²) in [4.78, 5) is 11.4. The van der Waals surface area contributed by atoms with Gasteiger partial charge in [-0.3, -0.25) is 4.79 Å². The topological polar surface area (TPSA) is 49.3 Å². The van der Waals surface area contributed by atoms with Gasteiger partial charge in [-0.25, -0.2) is 0 Å². The first-order valence-electron chi connectivity index (χ1n) is 5.38.